The minimum absolute atomic E-state index is 0.0194. The van der Waals surface area contributed by atoms with Crippen molar-refractivity contribution in [3.05, 3.63) is 59.7 Å². The van der Waals surface area contributed by atoms with Crippen molar-refractivity contribution in [1.82, 2.24) is 9.80 Å². The molecule has 35 heavy (non-hydrogen) atoms. The van der Waals surface area contributed by atoms with Crippen molar-refractivity contribution in [2.24, 2.45) is 10.8 Å². The van der Waals surface area contributed by atoms with Crippen molar-refractivity contribution in [3.63, 3.8) is 0 Å². The van der Waals surface area contributed by atoms with E-state index in [1.165, 1.54) is 0 Å². The second-order valence-electron chi connectivity index (χ2n) is 11.0. The first-order valence-corrected chi connectivity index (χ1v) is 13.1. The van der Waals surface area contributed by atoms with Crippen LogP contribution in [0.15, 0.2) is 48.5 Å². The summed E-state index contributed by atoms with van der Waals surface area (Å²) in [5, 5.41) is 0. The Hall–Kier alpha value is -2.95. The van der Waals surface area contributed by atoms with Gasteiger partial charge in [-0.25, -0.2) is 0 Å². The van der Waals surface area contributed by atoms with Gasteiger partial charge >= 0.3 is 0 Å². The molecule has 2 aromatic rings. The van der Waals surface area contributed by atoms with Crippen LogP contribution in [0.1, 0.15) is 68.3 Å². The van der Waals surface area contributed by atoms with Gasteiger partial charge in [0.2, 0.25) is 5.91 Å². The summed E-state index contributed by atoms with van der Waals surface area (Å²) in [7, 11) is 0. The molecule has 2 amide bonds. The molecule has 0 radical (unpaired) electrons. The van der Waals surface area contributed by atoms with Crippen molar-refractivity contribution in [2.45, 2.75) is 58.8 Å². The average molecular weight is 473 g/mol. The average Bonchev–Trinajstić information content (AvgIpc) is 3.61. The summed E-state index contributed by atoms with van der Waals surface area (Å²) in [5.74, 6) is 0.638. The highest BCUT2D eigenvalue weighted by Gasteiger charge is 2.47. The van der Waals surface area contributed by atoms with Gasteiger partial charge in [0.15, 0.2) is 0 Å². The van der Waals surface area contributed by atoms with Crippen LogP contribution in [0.3, 0.4) is 0 Å². The minimum Gasteiger partial charge on any atom is -0.339 e. The Morgan fingerprint density at radius 2 is 1.49 bits per heavy atom. The first-order chi connectivity index (χ1) is 16.8. The smallest absolute Gasteiger partial charge is 0.253 e. The van der Waals surface area contributed by atoms with Crippen molar-refractivity contribution < 1.29 is 14.4 Å². The number of carbonyl (C=O) groups is 3. The molecule has 2 aliphatic carbocycles. The highest BCUT2D eigenvalue weighted by Crippen LogP contribution is 2.47. The second kappa shape index (κ2) is 9.25. The lowest BCUT2D eigenvalue weighted by Crippen LogP contribution is -2.52. The number of carbonyl (C=O) groups excluding carboxylic acids is 3. The van der Waals surface area contributed by atoms with Gasteiger partial charge in [-0.15, -0.1) is 0 Å². The van der Waals surface area contributed by atoms with Gasteiger partial charge in [-0.2, -0.15) is 0 Å². The molecule has 2 aromatic carbocycles. The van der Waals surface area contributed by atoms with Gasteiger partial charge in [0.05, 0.1) is 0 Å². The van der Waals surface area contributed by atoms with E-state index in [2.05, 4.69) is 19.1 Å². The zero-order chi connectivity index (χ0) is 24.6. The molecule has 184 valence electrons. The Kier molecular flexibility index (Phi) is 6.29. The van der Waals surface area contributed by atoms with Gasteiger partial charge in [0.1, 0.15) is 5.78 Å². The maximum atomic E-state index is 13.1. The Bertz CT molecular complexity index is 1120. The number of nitrogens with zero attached hydrogens (tertiary/aromatic N) is 2. The third kappa shape index (κ3) is 4.65. The Labute approximate surface area is 208 Å². The number of amides is 2. The third-order valence-corrected chi connectivity index (χ3v) is 8.71. The highest BCUT2D eigenvalue weighted by molar-refractivity contribution is 5.95. The lowest BCUT2D eigenvalue weighted by atomic mass is 9.63. The van der Waals surface area contributed by atoms with Crippen LogP contribution in [-0.2, 0) is 16.0 Å². The highest BCUT2D eigenvalue weighted by atomic mass is 16.2. The second-order valence-corrected chi connectivity index (χ2v) is 11.0. The van der Waals surface area contributed by atoms with Crippen molar-refractivity contribution in [3.8, 4) is 11.1 Å². The molecule has 1 saturated heterocycles. The topological polar surface area (TPSA) is 57.7 Å². The number of Topliss-reactive ketones (excluding diaryl/α,β-unsaturated/α-hetero) is 1. The van der Waals surface area contributed by atoms with E-state index >= 15 is 0 Å². The number of hydrogen-bond donors (Lipinski definition) is 0. The molecular weight excluding hydrogens is 436 g/mol. The van der Waals surface area contributed by atoms with Gasteiger partial charge in [0, 0.05) is 49.0 Å². The number of benzene rings is 2. The fourth-order valence-electron chi connectivity index (χ4n) is 5.55. The van der Waals surface area contributed by atoms with E-state index in [-0.39, 0.29) is 22.6 Å². The number of hydrogen-bond acceptors (Lipinski definition) is 3. The minimum atomic E-state index is -0.152. The quantitative estimate of drug-likeness (QED) is 0.561. The summed E-state index contributed by atoms with van der Waals surface area (Å²) < 4.78 is 0. The van der Waals surface area contributed by atoms with Gasteiger partial charge in [-0.05, 0) is 60.9 Å². The largest absolute Gasteiger partial charge is 0.339 e. The SMILES string of the molecule is CCC1(C(=O)Cc2cccc(-c3ccc(C(=O)N4CCN(C(=O)C5(C)CC5)CC4)cc3)c2)CCC1. The van der Waals surface area contributed by atoms with Crippen LogP contribution in [-0.4, -0.2) is 53.6 Å². The van der Waals surface area contributed by atoms with E-state index in [0.29, 0.717) is 43.9 Å². The number of piperazine rings is 1. The summed E-state index contributed by atoms with van der Waals surface area (Å²) in [6.45, 7) is 6.56. The molecule has 0 bridgehead atoms. The van der Waals surface area contributed by atoms with Crippen LogP contribution in [0.4, 0.5) is 0 Å². The molecule has 1 aliphatic heterocycles. The fourth-order valence-corrected chi connectivity index (χ4v) is 5.55. The van der Waals surface area contributed by atoms with Crippen molar-refractivity contribution in [2.75, 3.05) is 26.2 Å². The van der Waals surface area contributed by atoms with Crippen LogP contribution < -0.4 is 0 Å². The Morgan fingerprint density at radius 1 is 0.829 bits per heavy atom. The molecule has 3 fully saturated rings. The van der Waals surface area contributed by atoms with Crippen LogP contribution in [0.25, 0.3) is 11.1 Å². The third-order valence-electron chi connectivity index (χ3n) is 8.71. The monoisotopic (exact) mass is 472 g/mol. The zero-order valence-corrected chi connectivity index (χ0v) is 21.0. The molecule has 2 saturated carbocycles. The summed E-state index contributed by atoms with van der Waals surface area (Å²) >= 11 is 0. The summed E-state index contributed by atoms with van der Waals surface area (Å²) in [6, 6.07) is 16.0. The van der Waals surface area contributed by atoms with E-state index in [9.17, 15) is 14.4 Å². The molecule has 0 atom stereocenters. The van der Waals surface area contributed by atoms with E-state index in [1.54, 1.807) is 0 Å². The van der Waals surface area contributed by atoms with Gasteiger partial charge in [-0.1, -0.05) is 56.7 Å². The van der Waals surface area contributed by atoms with Crippen LogP contribution >= 0.6 is 0 Å². The number of ketones is 1. The van der Waals surface area contributed by atoms with Crippen LogP contribution in [0.5, 0.6) is 0 Å². The molecule has 0 unspecified atom stereocenters. The molecule has 0 aromatic heterocycles. The Morgan fingerprint density at radius 3 is 2.06 bits per heavy atom. The standard InChI is InChI=1S/C30H36N2O3/c1-3-30(12-5-13-30)26(33)21-22-6-4-7-25(20-22)23-8-10-24(11-9-23)27(34)31-16-18-32(19-17-31)28(35)29(2)14-15-29/h4,6-11,20H,3,5,12-19,21H2,1-2H3. The number of rotatable bonds is 7. The predicted molar refractivity (Wildman–Crippen MR) is 137 cm³/mol. The van der Waals surface area contributed by atoms with Crippen molar-refractivity contribution in [1.29, 1.82) is 0 Å². The molecule has 0 spiro atoms. The fraction of sp³-hybridized carbons (Fsp3) is 0.500. The van der Waals surface area contributed by atoms with Gasteiger partial charge in [0.25, 0.3) is 5.91 Å². The molecule has 5 rings (SSSR count). The van der Waals surface area contributed by atoms with Crippen LogP contribution in [0.2, 0.25) is 0 Å². The summed E-state index contributed by atoms with van der Waals surface area (Å²) in [6.07, 6.45) is 6.62. The van der Waals surface area contributed by atoms with E-state index in [1.807, 2.05) is 53.1 Å². The maximum Gasteiger partial charge on any atom is 0.253 e. The van der Waals surface area contributed by atoms with Crippen molar-refractivity contribution >= 4 is 17.6 Å². The molecule has 5 nitrogen and oxygen atoms in total. The first-order valence-electron chi connectivity index (χ1n) is 13.1. The molecule has 0 N–H and O–H groups in total. The first kappa shape index (κ1) is 23.8. The van der Waals surface area contributed by atoms with E-state index < -0.39 is 0 Å². The van der Waals surface area contributed by atoms with Gasteiger partial charge in [-0.3, -0.25) is 14.4 Å². The Balaban J connectivity index is 1.21. The zero-order valence-electron chi connectivity index (χ0n) is 21.0. The van der Waals surface area contributed by atoms with E-state index in [4.69, 9.17) is 0 Å². The molecular formula is C30H36N2O3. The van der Waals surface area contributed by atoms with Gasteiger partial charge < -0.3 is 9.80 Å². The molecule has 1 heterocycles. The molecule has 3 aliphatic rings. The normalized spacial score (nSPS) is 20.2. The maximum absolute atomic E-state index is 13.1. The summed E-state index contributed by atoms with van der Waals surface area (Å²) in [4.78, 5) is 42.3. The molecule has 5 heteroatoms. The summed E-state index contributed by atoms with van der Waals surface area (Å²) in [5.41, 5.74) is 3.59. The lowest BCUT2D eigenvalue weighted by Gasteiger charge is -2.39. The lowest BCUT2D eigenvalue weighted by molar-refractivity contribution is -0.137. The predicted octanol–water partition coefficient (Wildman–Crippen LogP) is 5.13. The van der Waals surface area contributed by atoms with Crippen LogP contribution in [0, 0.1) is 10.8 Å². The van der Waals surface area contributed by atoms with E-state index in [0.717, 1.165) is 55.2 Å².